The van der Waals surface area contributed by atoms with E-state index in [1.54, 1.807) is 12.1 Å². The molecular formula is C13H11BrN2O2. The number of benzene rings is 2. The lowest BCUT2D eigenvalue weighted by Gasteiger charge is -2.07. The number of nitro groups is 1. The minimum absolute atomic E-state index is 0.0986. The Morgan fingerprint density at radius 3 is 2.39 bits per heavy atom. The Bertz CT molecular complexity index is 555. The summed E-state index contributed by atoms with van der Waals surface area (Å²) in [4.78, 5) is 10.1. The highest BCUT2D eigenvalue weighted by Crippen LogP contribution is 2.19. The largest absolute Gasteiger partial charge is 0.381 e. The molecule has 2 aromatic carbocycles. The number of rotatable bonds is 4. The molecule has 0 aliphatic heterocycles. The molecule has 5 heteroatoms. The first-order chi connectivity index (χ1) is 8.66. The topological polar surface area (TPSA) is 55.2 Å². The van der Waals surface area contributed by atoms with E-state index in [0.717, 1.165) is 15.7 Å². The summed E-state index contributed by atoms with van der Waals surface area (Å²) in [5.41, 5.74) is 2.09. The molecular weight excluding hydrogens is 296 g/mol. The standard InChI is InChI=1S/C13H11BrN2O2/c14-13-4-2-1-3-10(13)9-15-11-5-7-12(8-6-11)16(17)18/h1-8,15H,9H2. The number of hydrogen-bond acceptors (Lipinski definition) is 3. The van der Waals surface area contributed by atoms with Crippen LogP contribution in [0.25, 0.3) is 0 Å². The molecule has 1 N–H and O–H groups in total. The Labute approximate surface area is 113 Å². The van der Waals surface area contributed by atoms with Crippen LogP contribution in [0.5, 0.6) is 0 Å². The van der Waals surface area contributed by atoms with E-state index in [1.165, 1.54) is 12.1 Å². The SMILES string of the molecule is O=[N+]([O-])c1ccc(NCc2ccccc2Br)cc1. The third kappa shape index (κ3) is 3.07. The predicted octanol–water partition coefficient (Wildman–Crippen LogP) is 3.97. The quantitative estimate of drug-likeness (QED) is 0.687. The molecule has 92 valence electrons. The summed E-state index contributed by atoms with van der Waals surface area (Å²) in [5.74, 6) is 0. The van der Waals surface area contributed by atoms with Crippen molar-refractivity contribution >= 4 is 27.3 Å². The van der Waals surface area contributed by atoms with Crippen LogP contribution in [0.15, 0.2) is 53.0 Å². The third-order valence-corrected chi connectivity index (χ3v) is 3.29. The molecule has 18 heavy (non-hydrogen) atoms. The van der Waals surface area contributed by atoms with E-state index in [9.17, 15) is 10.1 Å². The molecule has 0 aliphatic rings. The van der Waals surface area contributed by atoms with Gasteiger partial charge >= 0.3 is 0 Å². The molecule has 2 rings (SSSR count). The molecule has 0 unspecified atom stereocenters. The molecule has 2 aromatic rings. The van der Waals surface area contributed by atoms with E-state index in [0.29, 0.717) is 6.54 Å². The Hall–Kier alpha value is -1.88. The summed E-state index contributed by atoms with van der Waals surface area (Å²) in [7, 11) is 0. The summed E-state index contributed by atoms with van der Waals surface area (Å²) in [6.07, 6.45) is 0. The van der Waals surface area contributed by atoms with Gasteiger partial charge in [-0.15, -0.1) is 0 Å². The summed E-state index contributed by atoms with van der Waals surface area (Å²) in [5, 5.41) is 13.7. The number of nitro benzene ring substituents is 1. The van der Waals surface area contributed by atoms with Gasteiger partial charge in [0.2, 0.25) is 0 Å². The molecule has 0 heterocycles. The summed E-state index contributed by atoms with van der Waals surface area (Å²) >= 11 is 3.47. The molecule has 0 radical (unpaired) electrons. The van der Waals surface area contributed by atoms with Crippen LogP contribution in [0.1, 0.15) is 5.56 Å². The van der Waals surface area contributed by atoms with Gasteiger partial charge in [0.25, 0.3) is 5.69 Å². The Kier molecular flexibility index (Phi) is 3.94. The average molecular weight is 307 g/mol. The summed E-state index contributed by atoms with van der Waals surface area (Å²) in [6.45, 7) is 0.666. The van der Waals surface area contributed by atoms with Crippen LogP contribution in [0.3, 0.4) is 0 Å². The number of nitrogens with zero attached hydrogens (tertiary/aromatic N) is 1. The van der Waals surface area contributed by atoms with E-state index >= 15 is 0 Å². The Balaban J connectivity index is 2.02. The zero-order valence-electron chi connectivity index (χ0n) is 9.47. The lowest BCUT2D eigenvalue weighted by Crippen LogP contribution is -2.00. The number of nitrogens with one attached hydrogen (secondary N) is 1. The van der Waals surface area contributed by atoms with E-state index in [4.69, 9.17) is 0 Å². The molecule has 0 saturated carbocycles. The number of non-ortho nitro benzene ring substituents is 1. The van der Waals surface area contributed by atoms with Crippen molar-refractivity contribution in [2.24, 2.45) is 0 Å². The molecule has 0 saturated heterocycles. The number of hydrogen-bond donors (Lipinski definition) is 1. The van der Waals surface area contributed by atoms with Crippen LogP contribution in [-0.4, -0.2) is 4.92 Å². The number of anilines is 1. The van der Waals surface area contributed by atoms with Gasteiger partial charge in [-0.25, -0.2) is 0 Å². The minimum atomic E-state index is -0.405. The van der Waals surface area contributed by atoms with Gasteiger partial charge in [-0.2, -0.15) is 0 Å². The lowest BCUT2D eigenvalue weighted by atomic mass is 10.2. The first kappa shape index (κ1) is 12.6. The van der Waals surface area contributed by atoms with Crippen LogP contribution in [0, 0.1) is 10.1 Å². The van der Waals surface area contributed by atoms with Crippen molar-refractivity contribution in [1.29, 1.82) is 0 Å². The van der Waals surface area contributed by atoms with Crippen LogP contribution in [0.2, 0.25) is 0 Å². The first-order valence-corrected chi connectivity index (χ1v) is 6.18. The highest BCUT2D eigenvalue weighted by molar-refractivity contribution is 9.10. The fourth-order valence-electron chi connectivity index (χ4n) is 1.54. The van der Waals surface area contributed by atoms with Crippen LogP contribution in [0.4, 0.5) is 11.4 Å². The van der Waals surface area contributed by atoms with Gasteiger partial charge in [0, 0.05) is 28.8 Å². The van der Waals surface area contributed by atoms with Crippen LogP contribution < -0.4 is 5.32 Å². The maximum Gasteiger partial charge on any atom is 0.269 e. The zero-order valence-corrected chi connectivity index (χ0v) is 11.1. The third-order valence-electron chi connectivity index (χ3n) is 2.52. The molecule has 4 nitrogen and oxygen atoms in total. The molecule has 0 bridgehead atoms. The Morgan fingerprint density at radius 2 is 1.78 bits per heavy atom. The first-order valence-electron chi connectivity index (χ1n) is 5.38. The van der Waals surface area contributed by atoms with Crippen molar-refractivity contribution in [3.8, 4) is 0 Å². The van der Waals surface area contributed by atoms with Crippen LogP contribution in [-0.2, 0) is 6.54 Å². The second-order valence-corrected chi connectivity index (χ2v) is 4.60. The summed E-state index contributed by atoms with van der Waals surface area (Å²) < 4.78 is 1.04. The van der Waals surface area contributed by atoms with Crippen molar-refractivity contribution in [3.05, 3.63) is 68.7 Å². The van der Waals surface area contributed by atoms with Gasteiger partial charge in [0.05, 0.1) is 4.92 Å². The van der Waals surface area contributed by atoms with Crippen molar-refractivity contribution in [1.82, 2.24) is 0 Å². The van der Waals surface area contributed by atoms with Gasteiger partial charge in [-0.1, -0.05) is 34.1 Å². The fraction of sp³-hybridized carbons (Fsp3) is 0.0769. The smallest absolute Gasteiger partial charge is 0.269 e. The van der Waals surface area contributed by atoms with Crippen molar-refractivity contribution in [2.45, 2.75) is 6.54 Å². The molecule has 0 aliphatic carbocycles. The van der Waals surface area contributed by atoms with E-state index in [2.05, 4.69) is 21.2 Å². The van der Waals surface area contributed by atoms with Gasteiger partial charge in [-0.3, -0.25) is 10.1 Å². The zero-order chi connectivity index (χ0) is 13.0. The molecule has 0 aromatic heterocycles. The maximum absolute atomic E-state index is 10.5. The van der Waals surface area contributed by atoms with Gasteiger partial charge in [0.15, 0.2) is 0 Å². The lowest BCUT2D eigenvalue weighted by molar-refractivity contribution is -0.384. The predicted molar refractivity (Wildman–Crippen MR) is 74.6 cm³/mol. The van der Waals surface area contributed by atoms with Crippen molar-refractivity contribution in [2.75, 3.05) is 5.32 Å². The molecule has 0 amide bonds. The number of halogens is 1. The molecule has 0 spiro atoms. The molecule has 0 atom stereocenters. The van der Waals surface area contributed by atoms with Crippen molar-refractivity contribution < 1.29 is 4.92 Å². The van der Waals surface area contributed by atoms with E-state index < -0.39 is 4.92 Å². The highest BCUT2D eigenvalue weighted by Gasteiger charge is 2.04. The normalized spacial score (nSPS) is 10.1. The monoisotopic (exact) mass is 306 g/mol. The maximum atomic E-state index is 10.5. The van der Waals surface area contributed by atoms with Gasteiger partial charge in [0.1, 0.15) is 0 Å². The van der Waals surface area contributed by atoms with E-state index in [1.807, 2.05) is 24.3 Å². The second kappa shape index (κ2) is 5.64. The average Bonchev–Trinajstić information content (AvgIpc) is 2.38. The Morgan fingerprint density at radius 1 is 1.11 bits per heavy atom. The molecule has 0 fully saturated rings. The van der Waals surface area contributed by atoms with Crippen molar-refractivity contribution in [3.63, 3.8) is 0 Å². The minimum Gasteiger partial charge on any atom is -0.381 e. The van der Waals surface area contributed by atoms with Crippen LogP contribution >= 0.6 is 15.9 Å². The fourth-order valence-corrected chi connectivity index (χ4v) is 1.97. The van der Waals surface area contributed by atoms with Gasteiger partial charge in [-0.05, 0) is 23.8 Å². The van der Waals surface area contributed by atoms with Gasteiger partial charge < -0.3 is 5.32 Å². The summed E-state index contributed by atoms with van der Waals surface area (Å²) in [6, 6.07) is 14.3. The second-order valence-electron chi connectivity index (χ2n) is 3.75. The highest BCUT2D eigenvalue weighted by atomic mass is 79.9. The van der Waals surface area contributed by atoms with E-state index in [-0.39, 0.29) is 5.69 Å².